The molecule has 40 valence electrons. The summed E-state index contributed by atoms with van der Waals surface area (Å²) in [5.74, 6) is -1.46. The van der Waals surface area contributed by atoms with Crippen LogP contribution in [0.4, 0.5) is 0 Å². The highest BCUT2D eigenvalue weighted by molar-refractivity contribution is 7.82. The SMILES string of the molecule is O=CC(S)C(=O)[O-]. The van der Waals surface area contributed by atoms with Gasteiger partial charge in [0.2, 0.25) is 0 Å². The molecule has 7 heavy (non-hydrogen) atoms. The van der Waals surface area contributed by atoms with Crippen molar-refractivity contribution in [2.45, 2.75) is 5.25 Å². The van der Waals surface area contributed by atoms with Gasteiger partial charge in [0.1, 0.15) is 6.29 Å². The summed E-state index contributed by atoms with van der Waals surface area (Å²) in [5.41, 5.74) is 0. The summed E-state index contributed by atoms with van der Waals surface area (Å²) in [4.78, 5) is 19.0. The van der Waals surface area contributed by atoms with E-state index in [0.717, 1.165) is 0 Å². The molecule has 0 saturated heterocycles. The van der Waals surface area contributed by atoms with Crippen LogP contribution in [0.1, 0.15) is 0 Å². The zero-order chi connectivity index (χ0) is 5.86. The molecule has 1 atom stereocenters. The average molecular weight is 119 g/mol. The summed E-state index contributed by atoms with van der Waals surface area (Å²) in [6.45, 7) is 0. The molecule has 1 unspecified atom stereocenters. The Morgan fingerprint density at radius 3 is 2.29 bits per heavy atom. The lowest BCUT2D eigenvalue weighted by molar-refractivity contribution is -0.303. The predicted molar refractivity (Wildman–Crippen MR) is 23.8 cm³/mol. The molecule has 0 aliphatic heterocycles. The maximum Gasteiger partial charge on any atom is 0.138 e. The van der Waals surface area contributed by atoms with E-state index in [0.29, 0.717) is 0 Å². The van der Waals surface area contributed by atoms with Crippen LogP contribution in [0.25, 0.3) is 0 Å². The summed E-state index contributed by atoms with van der Waals surface area (Å²) in [6.07, 6.45) is 0.193. The molecule has 0 aromatic carbocycles. The van der Waals surface area contributed by atoms with Crippen molar-refractivity contribution in [2.75, 3.05) is 0 Å². The fraction of sp³-hybridized carbons (Fsp3) is 0.333. The van der Waals surface area contributed by atoms with E-state index in [2.05, 4.69) is 12.6 Å². The highest BCUT2D eigenvalue weighted by Gasteiger charge is 1.96. The van der Waals surface area contributed by atoms with Gasteiger partial charge in [0.05, 0.1) is 11.2 Å². The second-order valence-electron chi connectivity index (χ2n) is 0.900. The second-order valence-corrected chi connectivity index (χ2v) is 1.46. The number of aldehydes is 1. The zero-order valence-electron chi connectivity index (χ0n) is 3.33. The van der Waals surface area contributed by atoms with Gasteiger partial charge in [-0.15, -0.1) is 0 Å². The minimum Gasteiger partial charge on any atom is -0.548 e. The van der Waals surface area contributed by atoms with Gasteiger partial charge in [-0.25, -0.2) is 0 Å². The number of carboxylic acids is 1. The van der Waals surface area contributed by atoms with Crippen LogP contribution < -0.4 is 5.11 Å². The van der Waals surface area contributed by atoms with Gasteiger partial charge < -0.3 is 14.7 Å². The number of carbonyl (C=O) groups is 2. The van der Waals surface area contributed by atoms with E-state index < -0.39 is 11.2 Å². The van der Waals surface area contributed by atoms with Gasteiger partial charge in [0.25, 0.3) is 0 Å². The van der Waals surface area contributed by atoms with Gasteiger partial charge in [-0.2, -0.15) is 12.6 Å². The minimum absolute atomic E-state index is 0.193. The van der Waals surface area contributed by atoms with Crippen molar-refractivity contribution in [1.29, 1.82) is 0 Å². The maximum absolute atomic E-state index is 9.51. The Kier molecular flexibility index (Phi) is 2.44. The molecule has 0 amide bonds. The molecule has 0 aromatic rings. The molecule has 0 saturated carbocycles. The number of carboxylic acid groups (broad SMARTS) is 1. The summed E-state index contributed by atoms with van der Waals surface area (Å²) in [5, 5.41) is 8.23. The normalized spacial score (nSPS) is 12.7. The molecule has 0 bridgehead atoms. The second kappa shape index (κ2) is 2.63. The van der Waals surface area contributed by atoms with E-state index in [9.17, 15) is 14.7 Å². The van der Waals surface area contributed by atoms with Crippen LogP contribution in [-0.2, 0) is 9.59 Å². The number of thiol groups is 1. The van der Waals surface area contributed by atoms with Crippen LogP contribution in [0.5, 0.6) is 0 Å². The van der Waals surface area contributed by atoms with Crippen molar-refractivity contribution >= 4 is 24.9 Å². The predicted octanol–water partition coefficient (Wildman–Crippen LogP) is -1.77. The highest BCUT2D eigenvalue weighted by Crippen LogP contribution is 1.83. The van der Waals surface area contributed by atoms with E-state index >= 15 is 0 Å². The highest BCUT2D eigenvalue weighted by atomic mass is 32.1. The average Bonchev–Trinajstić information content (AvgIpc) is 1.65. The topological polar surface area (TPSA) is 57.2 Å². The molecular formula is C3H3O3S-. The molecule has 0 aromatic heterocycles. The Morgan fingerprint density at radius 1 is 1.86 bits per heavy atom. The van der Waals surface area contributed by atoms with Crippen LogP contribution in [0.3, 0.4) is 0 Å². The lowest BCUT2D eigenvalue weighted by Gasteiger charge is -1.99. The molecule has 3 nitrogen and oxygen atoms in total. The van der Waals surface area contributed by atoms with Gasteiger partial charge in [-0.3, -0.25) is 0 Å². The molecular weight excluding hydrogens is 116 g/mol. The van der Waals surface area contributed by atoms with Crippen LogP contribution in [0.15, 0.2) is 0 Å². The summed E-state index contributed by atoms with van der Waals surface area (Å²) >= 11 is 3.29. The van der Waals surface area contributed by atoms with E-state index in [-0.39, 0.29) is 6.29 Å². The number of hydrogen-bond donors (Lipinski definition) is 1. The fourth-order valence-corrected chi connectivity index (χ4v) is 0.0556. The van der Waals surface area contributed by atoms with Crippen molar-refractivity contribution < 1.29 is 14.7 Å². The first-order valence-corrected chi connectivity index (χ1v) is 2.04. The van der Waals surface area contributed by atoms with E-state index in [1.807, 2.05) is 0 Å². The van der Waals surface area contributed by atoms with Gasteiger partial charge in [-0.05, 0) is 0 Å². The molecule has 4 heteroatoms. The lowest BCUT2D eigenvalue weighted by Crippen LogP contribution is -2.32. The number of aliphatic carboxylic acids is 1. The standard InChI is InChI=1S/C3H4O3S/c4-1-2(7)3(5)6/h1-2,7H,(H,5,6)/p-1. The monoisotopic (exact) mass is 119 g/mol. The first kappa shape index (κ1) is 6.49. The molecule has 0 spiro atoms. The molecule has 0 aliphatic carbocycles. The maximum atomic E-state index is 9.51. The van der Waals surface area contributed by atoms with Gasteiger partial charge in [0, 0.05) is 0 Å². The van der Waals surface area contributed by atoms with Crippen LogP contribution in [0, 0.1) is 0 Å². The van der Waals surface area contributed by atoms with E-state index in [1.165, 1.54) is 0 Å². The first-order valence-electron chi connectivity index (χ1n) is 1.52. The Hall–Kier alpha value is -0.510. The molecule has 0 radical (unpaired) electrons. The molecule has 0 aliphatic rings. The van der Waals surface area contributed by atoms with E-state index in [4.69, 9.17) is 0 Å². The first-order chi connectivity index (χ1) is 3.18. The Balaban J connectivity index is 3.55. The zero-order valence-corrected chi connectivity index (χ0v) is 4.22. The Morgan fingerprint density at radius 2 is 2.29 bits per heavy atom. The quantitative estimate of drug-likeness (QED) is 0.266. The third-order valence-electron chi connectivity index (χ3n) is 0.370. The molecule has 0 fully saturated rings. The van der Waals surface area contributed by atoms with Crippen molar-refractivity contribution in [2.24, 2.45) is 0 Å². The number of hydrogen-bond acceptors (Lipinski definition) is 4. The van der Waals surface area contributed by atoms with Crippen LogP contribution >= 0.6 is 12.6 Å². The third-order valence-corrected chi connectivity index (χ3v) is 0.703. The van der Waals surface area contributed by atoms with Crippen molar-refractivity contribution in [3.8, 4) is 0 Å². The smallest absolute Gasteiger partial charge is 0.138 e. The minimum atomic E-state index is -1.46. The Bertz CT molecular complexity index is 90.2. The summed E-state index contributed by atoms with van der Waals surface area (Å²) < 4.78 is 0. The lowest BCUT2D eigenvalue weighted by atomic mass is 10.5. The van der Waals surface area contributed by atoms with Crippen molar-refractivity contribution in [1.82, 2.24) is 0 Å². The van der Waals surface area contributed by atoms with Crippen LogP contribution in [0.2, 0.25) is 0 Å². The number of rotatable bonds is 2. The molecule has 0 heterocycles. The van der Waals surface area contributed by atoms with Crippen LogP contribution in [-0.4, -0.2) is 17.5 Å². The van der Waals surface area contributed by atoms with Gasteiger partial charge in [0.15, 0.2) is 0 Å². The third kappa shape index (κ3) is 2.22. The van der Waals surface area contributed by atoms with Crippen molar-refractivity contribution in [3.05, 3.63) is 0 Å². The van der Waals surface area contributed by atoms with Crippen molar-refractivity contribution in [3.63, 3.8) is 0 Å². The fourth-order valence-electron chi connectivity index (χ4n) is 0.0556. The molecule has 0 rings (SSSR count). The largest absolute Gasteiger partial charge is 0.548 e. The summed E-state index contributed by atoms with van der Waals surface area (Å²) in [7, 11) is 0. The summed E-state index contributed by atoms with van der Waals surface area (Å²) in [6, 6.07) is 0. The molecule has 0 N–H and O–H groups in total. The Labute approximate surface area is 45.7 Å². The van der Waals surface area contributed by atoms with Gasteiger partial charge in [-0.1, -0.05) is 0 Å². The van der Waals surface area contributed by atoms with Gasteiger partial charge >= 0.3 is 0 Å². The van der Waals surface area contributed by atoms with E-state index in [1.54, 1.807) is 0 Å². The number of carbonyl (C=O) groups excluding carboxylic acids is 2.